The number of halogens is 1. The summed E-state index contributed by atoms with van der Waals surface area (Å²) >= 11 is 0. The van der Waals surface area contributed by atoms with Gasteiger partial charge in [0.1, 0.15) is 11.6 Å². The van der Waals surface area contributed by atoms with Gasteiger partial charge in [-0.1, -0.05) is 19.1 Å². The fourth-order valence-electron chi connectivity index (χ4n) is 2.23. The fourth-order valence-corrected chi connectivity index (χ4v) is 2.23. The molecule has 0 spiro atoms. The van der Waals surface area contributed by atoms with Gasteiger partial charge in [-0.2, -0.15) is 0 Å². The molecule has 2 rings (SSSR count). The number of nitrogens with one attached hydrogen (secondary N) is 1. The summed E-state index contributed by atoms with van der Waals surface area (Å²) in [4.78, 5) is 3.93. The Bertz CT molecular complexity index is 569. The summed E-state index contributed by atoms with van der Waals surface area (Å²) in [5.41, 5.74) is 1.87. The molecule has 1 N–H and O–H groups in total. The summed E-state index contributed by atoms with van der Waals surface area (Å²) < 4.78 is 19.0. The zero-order valence-corrected chi connectivity index (χ0v) is 12.6. The van der Waals surface area contributed by atoms with Crippen molar-refractivity contribution in [2.75, 3.05) is 6.54 Å². The molecule has 0 saturated heterocycles. The predicted octanol–water partition coefficient (Wildman–Crippen LogP) is 3.71. The van der Waals surface area contributed by atoms with Crippen molar-refractivity contribution in [2.24, 2.45) is 0 Å². The maximum Gasteiger partial charge on any atom is 0.141 e. The van der Waals surface area contributed by atoms with Crippen molar-refractivity contribution in [1.82, 2.24) is 10.3 Å². The van der Waals surface area contributed by atoms with Crippen LogP contribution in [0.15, 0.2) is 42.7 Å². The summed E-state index contributed by atoms with van der Waals surface area (Å²) in [6.45, 7) is 6.79. The Morgan fingerprint density at radius 1 is 1.14 bits per heavy atom. The number of ether oxygens (including phenoxy) is 1. The van der Waals surface area contributed by atoms with Crippen LogP contribution in [0.3, 0.4) is 0 Å². The summed E-state index contributed by atoms with van der Waals surface area (Å²) in [5.74, 6) is 0.511. The molecule has 112 valence electrons. The molecule has 21 heavy (non-hydrogen) atoms. The normalized spacial score (nSPS) is 12.4. The molecule has 1 unspecified atom stereocenters. The van der Waals surface area contributed by atoms with E-state index in [9.17, 15) is 4.39 Å². The largest absolute Gasteiger partial charge is 0.491 e. The Morgan fingerprint density at radius 2 is 1.86 bits per heavy atom. The average Bonchev–Trinajstić information content (AvgIpc) is 2.45. The summed E-state index contributed by atoms with van der Waals surface area (Å²) in [6, 6.07) is 9.30. The number of benzene rings is 1. The van der Waals surface area contributed by atoms with Crippen molar-refractivity contribution in [3.63, 3.8) is 0 Å². The van der Waals surface area contributed by atoms with E-state index in [2.05, 4.69) is 10.3 Å². The SMILES string of the molecule is CCNC(c1ccc(OC(C)C)cc1)c1cncc(F)c1. The van der Waals surface area contributed by atoms with E-state index >= 15 is 0 Å². The van der Waals surface area contributed by atoms with E-state index in [1.807, 2.05) is 45.0 Å². The van der Waals surface area contributed by atoms with Crippen LogP contribution < -0.4 is 10.1 Å². The molecule has 0 aliphatic rings. The summed E-state index contributed by atoms with van der Waals surface area (Å²) in [5, 5.41) is 3.36. The fraction of sp³-hybridized carbons (Fsp3) is 0.353. The van der Waals surface area contributed by atoms with Crippen molar-refractivity contribution < 1.29 is 9.13 Å². The highest BCUT2D eigenvalue weighted by Crippen LogP contribution is 2.24. The molecule has 0 radical (unpaired) electrons. The number of pyridine rings is 1. The number of hydrogen-bond acceptors (Lipinski definition) is 3. The van der Waals surface area contributed by atoms with E-state index in [1.165, 1.54) is 12.3 Å². The first-order chi connectivity index (χ1) is 10.1. The highest BCUT2D eigenvalue weighted by atomic mass is 19.1. The Balaban J connectivity index is 2.26. The molecule has 4 heteroatoms. The van der Waals surface area contributed by atoms with Gasteiger partial charge in [-0.15, -0.1) is 0 Å². The Morgan fingerprint density at radius 3 is 2.43 bits per heavy atom. The van der Waals surface area contributed by atoms with Crippen molar-refractivity contribution in [2.45, 2.75) is 32.9 Å². The molecule has 0 bridgehead atoms. The Kier molecular flexibility index (Phi) is 5.28. The lowest BCUT2D eigenvalue weighted by atomic mass is 10.00. The third-order valence-corrected chi connectivity index (χ3v) is 3.05. The van der Waals surface area contributed by atoms with E-state index in [4.69, 9.17) is 4.74 Å². The standard InChI is InChI=1S/C17H21FN2O/c1-4-20-17(14-9-15(18)11-19-10-14)13-5-7-16(8-6-13)21-12(2)3/h5-12,17,20H,4H2,1-3H3. The lowest BCUT2D eigenvalue weighted by molar-refractivity contribution is 0.242. The van der Waals surface area contributed by atoms with Gasteiger partial charge >= 0.3 is 0 Å². The molecule has 0 fully saturated rings. The van der Waals surface area contributed by atoms with E-state index in [0.717, 1.165) is 23.4 Å². The Hall–Kier alpha value is -1.94. The molecule has 0 aliphatic carbocycles. The highest BCUT2D eigenvalue weighted by molar-refractivity contribution is 5.34. The van der Waals surface area contributed by atoms with Crippen molar-refractivity contribution in [3.05, 3.63) is 59.7 Å². The molecular formula is C17H21FN2O. The average molecular weight is 288 g/mol. The molecular weight excluding hydrogens is 267 g/mol. The second-order valence-corrected chi connectivity index (χ2v) is 5.16. The van der Waals surface area contributed by atoms with Gasteiger partial charge in [0.2, 0.25) is 0 Å². The maximum atomic E-state index is 13.4. The lowest BCUT2D eigenvalue weighted by Gasteiger charge is -2.19. The number of rotatable bonds is 6. The second-order valence-electron chi connectivity index (χ2n) is 5.16. The van der Waals surface area contributed by atoms with Crippen LogP contribution in [-0.4, -0.2) is 17.6 Å². The first-order valence-electron chi connectivity index (χ1n) is 7.20. The first-order valence-corrected chi connectivity index (χ1v) is 7.20. The second kappa shape index (κ2) is 7.18. The minimum Gasteiger partial charge on any atom is -0.491 e. The predicted molar refractivity (Wildman–Crippen MR) is 81.9 cm³/mol. The van der Waals surface area contributed by atoms with E-state index in [-0.39, 0.29) is 18.0 Å². The van der Waals surface area contributed by atoms with Crippen LogP contribution in [0.5, 0.6) is 5.75 Å². The Labute approximate surface area is 125 Å². The van der Waals surface area contributed by atoms with Crippen LogP contribution in [0.4, 0.5) is 4.39 Å². The molecule has 0 saturated carbocycles. The lowest BCUT2D eigenvalue weighted by Crippen LogP contribution is -2.22. The molecule has 0 amide bonds. The van der Waals surface area contributed by atoms with Crippen LogP contribution in [0.2, 0.25) is 0 Å². The maximum absolute atomic E-state index is 13.4. The molecule has 1 atom stereocenters. The van der Waals surface area contributed by atoms with Crippen LogP contribution >= 0.6 is 0 Å². The van der Waals surface area contributed by atoms with Crippen molar-refractivity contribution in [3.8, 4) is 5.75 Å². The van der Waals surface area contributed by atoms with Crippen LogP contribution in [-0.2, 0) is 0 Å². The summed E-state index contributed by atoms with van der Waals surface area (Å²) in [6.07, 6.45) is 3.05. The zero-order valence-electron chi connectivity index (χ0n) is 12.6. The van der Waals surface area contributed by atoms with Gasteiger partial charge in [-0.25, -0.2) is 4.39 Å². The molecule has 2 aromatic rings. The molecule has 1 heterocycles. The van der Waals surface area contributed by atoms with Gasteiger partial charge in [-0.05, 0) is 49.7 Å². The van der Waals surface area contributed by atoms with Crippen LogP contribution in [0.1, 0.15) is 37.9 Å². The minimum absolute atomic E-state index is 0.0775. The van der Waals surface area contributed by atoms with E-state index in [1.54, 1.807) is 6.20 Å². The third-order valence-electron chi connectivity index (χ3n) is 3.05. The van der Waals surface area contributed by atoms with Crippen LogP contribution in [0.25, 0.3) is 0 Å². The number of nitrogens with zero attached hydrogens (tertiary/aromatic N) is 1. The van der Waals surface area contributed by atoms with Crippen molar-refractivity contribution >= 4 is 0 Å². The number of hydrogen-bond donors (Lipinski definition) is 1. The molecule has 3 nitrogen and oxygen atoms in total. The number of aromatic nitrogens is 1. The van der Waals surface area contributed by atoms with Gasteiger partial charge in [-0.3, -0.25) is 4.98 Å². The van der Waals surface area contributed by atoms with Gasteiger partial charge < -0.3 is 10.1 Å². The van der Waals surface area contributed by atoms with Gasteiger partial charge in [0, 0.05) is 6.20 Å². The highest BCUT2D eigenvalue weighted by Gasteiger charge is 2.14. The van der Waals surface area contributed by atoms with Crippen molar-refractivity contribution in [1.29, 1.82) is 0 Å². The monoisotopic (exact) mass is 288 g/mol. The van der Waals surface area contributed by atoms with Gasteiger partial charge in [0.25, 0.3) is 0 Å². The molecule has 1 aromatic heterocycles. The quantitative estimate of drug-likeness (QED) is 0.880. The zero-order chi connectivity index (χ0) is 15.2. The minimum atomic E-state index is -0.324. The molecule has 1 aromatic carbocycles. The first kappa shape index (κ1) is 15.4. The van der Waals surface area contributed by atoms with Gasteiger partial charge in [0.15, 0.2) is 0 Å². The third kappa shape index (κ3) is 4.26. The molecule has 0 aliphatic heterocycles. The van der Waals surface area contributed by atoms with E-state index < -0.39 is 0 Å². The topological polar surface area (TPSA) is 34.1 Å². The van der Waals surface area contributed by atoms with Gasteiger partial charge in [0.05, 0.1) is 18.3 Å². The van der Waals surface area contributed by atoms with Crippen LogP contribution in [0, 0.1) is 5.82 Å². The van der Waals surface area contributed by atoms with E-state index in [0.29, 0.717) is 0 Å². The summed E-state index contributed by atoms with van der Waals surface area (Å²) in [7, 11) is 0. The smallest absolute Gasteiger partial charge is 0.141 e.